The lowest BCUT2D eigenvalue weighted by molar-refractivity contribution is 0.588. The van der Waals surface area contributed by atoms with Crippen molar-refractivity contribution in [2.24, 2.45) is 0 Å². The van der Waals surface area contributed by atoms with Gasteiger partial charge in [0.15, 0.2) is 5.65 Å². The molecule has 26 heavy (non-hydrogen) atoms. The molecule has 3 heterocycles. The topological polar surface area (TPSA) is 64.8 Å². The summed E-state index contributed by atoms with van der Waals surface area (Å²) >= 11 is 2.04. The molecule has 0 aliphatic heterocycles. The Balaban J connectivity index is 1.98. The van der Waals surface area contributed by atoms with E-state index < -0.39 is 10.0 Å². The Morgan fingerprint density at radius 3 is 2.50 bits per heavy atom. The van der Waals surface area contributed by atoms with Crippen molar-refractivity contribution >= 4 is 43.6 Å². The predicted molar refractivity (Wildman–Crippen MR) is 109 cm³/mol. The molecular weight excluding hydrogens is 461 g/mol. The molecular formula is C19H14IN3O2S. The van der Waals surface area contributed by atoms with Gasteiger partial charge in [0.25, 0.3) is 10.0 Å². The Labute approximate surface area is 164 Å². The molecule has 0 fully saturated rings. The average molecular weight is 475 g/mol. The maximum absolute atomic E-state index is 13.2. The van der Waals surface area contributed by atoms with Crippen LogP contribution in [0.25, 0.3) is 22.2 Å². The van der Waals surface area contributed by atoms with E-state index in [2.05, 4.69) is 9.97 Å². The lowest BCUT2D eigenvalue weighted by atomic mass is 10.1. The van der Waals surface area contributed by atoms with Crippen LogP contribution in [0, 0.1) is 10.6 Å². The van der Waals surface area contributed by atoms with Gasteiger partial charge in [-0.15, -0.1) is 0 Å². The number of aromatic nitrogens is 3. The molecule has 4 aromatic rings. The monoisotopic (exact) mass is 475 g/mol. The van der Waals surface area contributed by atoms with Gasteiger partial charge < -0.3 is 0 Å². The van der Waals surface area contributed by atoms with Crippen molar-refractivity contribution in [3.05, 3.63) is 76.4 Å². The number of halogens is 1. The molecule has 0 saturated carbocycles. The second kappa shape index (κ2) is 6.48. The third-order valence-electron chi connectivity index (χ3n) is 4.15. The molecule has 0 saturated heterocycles. The van der Waals surface area contributed by atoms with Crippen LogP contribution in [-0.2, 0) is 10.0 Å². The Morgan fingerprint density at radius 2 is 1.81 bits per heavy atom. The van der Waals surface area contributed by atoms with Gasteiger partial charge in [0.2, 0.25) is 0 Å². The van der Waals surface area contributed by atoms with Crippen LogP contribution in [0.2, 0.25) is 0 Å². The Morgan fingerprint density at radius 1 is 1.04 bits per heavy atom. The van der Waals surface area contributed by atoms with Gasteiger partial charge in [-0.2, -0.15) is 0 Å². The third-order valence-corrected chi connectivity index (χ3v) is 6.99. The standard InChI is InChI=1S/C19H14IN3O2S/c1-13-4-6-15(7-5-13)26(24,25)23-18(20)11-17-16(8-10-22-19(17)23)14-3-2-9-21-12-14/h2-12H,1H3. The molecule has 1 aromatic carbocycles. The average Bonchev–Trinajstić information content (AvgIpc) is 2.99. The van der Waals surface area contributed by atoms with Crippen LogP contribution in [0.5, 0.6) is 0 Å². The summed E-state index contributed by atoms with van der Waals surface area (Å²) in [5.41, 5.74) is 3.24. The van der Waals surface area contributed by atoms with Gasteiger partial charge in [-0.1, -0.05) is 23.8 Å². The zero-order chi connectivity index (χ0) is 18.3. The second-order valence-corrected chi connectivity index (χ2v) is 8.78. The summed E-state index contributed by atoms with van der Waals surface area (Å²) in [5.74, 6) is 0. The van der Waals surface area contributed by atoms with Crippen molar-refractivity contribution in [3.8, 4) is 11.1 Å². The van der Waals surface area contributed by atoms with E-state index >= 15 is 0 Å². The Kier molecular flexibility index (Phi) is 4.28. The van der Waals surface area contributed by atoms with E-state index in [9.17, 15) is 8.42 Å². The first kappa shape index (κ1) is 17.2. The minimum atomic E-state index is -3.74. The van der Waals surface area contributed by atoms with E-state index in [0.717, 1.165) is 22.1 Å². The minimum Gasteiger partial charge on any atom is -0.264 e. The highest BCUT2D eigenvalue weighted by Crippen LogP contribution is 2.32. The van der Waals surface area contributed by atoms with Crippen LogP contribution in [0.3, 0.4) is 0 Å². The highest BCUT2D eigenvalue weighted by molar-refractivity contribution is 14.1. The molecule has 0 spiro atoms. The summed E-state index contributed by atoms with van der Waals surface area (Å²) in [6, 6.07) is 14.3. The van der Waals surface area contributed by atoms with Crippen LogP contribution in [0.1, 0.15) is 5.56 Å². The van der Waals surface area contributed by atoms with Gasteiger partial charge in [-0.05, 0) is 65.4 Å². The van der Waals surface area contributed by atoms with E-state index in [1.54, 1.807) is 42.9 Å². The molecule has 7 heteroatoms. The van der Waals surface area contributed by atoms with E-state index in [-0.39, 0.29) is 4.90 Å². The molecule has 5 nitrogen and oxygen atoms in total. The van der Waals surface area contributed by atoms with Crippen molar-refractivity contribution < 1.29 is 8.42 Å². The fourth-order valence-corrected chi connectivity index (χ4v) is 5.53. The maximum Gasteiger partial charge on any atom is 0.270 e. The van der Waals surface area contributed by atoms with Crippen LogP contribution >= 0.6 is 22.6 Å². The summed E-state index contributed by atoms with van der Waals surface area (Å²) in [4.78, 5) is 8.75. The van der Waals surface area contributed by atoms with Gasteiger partial charge >= 0.3 is 0 Å². The molecule has 0 atom stereocenters. The molecule has 0 aliphatic carbocycles. The van der Waals surface area contributed by atoms with Gasteiger partial charge in [0, 0.05) is 29.5 Å². The number of hydrogen-bond donors (Lipinski definition) is 0. The zero-order valence-electron chi connectivity index (χ0n) is 13.8. The maximum atomic E-state index is 13.2. The van der Waals surface area contributed by atoms with Crippen molar-refractivity contribution in [1.29, 1.82) is 0 Å². The van der Waals surface area contributed by atoms with Crippen molar-refractivity contribution in [2.45, 2.75) is 11.8 Å². The molecule has 4 rings (SSSR count). The lowest BCUT2D eigenvalue weighted by Crippen LogP contribution is -2.15. The molecule has 3 aromatic heterocycles. The van der Waals surface area contributed by atoms with Crippen molar-refractivity contribution in [3.63, 3.8) is 0 Å². The highest BCUT2D eigenvalue weighted by atomic mass is 127. The minimum absolute atomic E-state index is 0.243. The molecule has 0 radical (unpaired) electrons. The first-order chi connectivity index (χ1) is 12.5. The smallest absolute Gasteiger partial charge is 0.264 e. The third kappa shape index (κ3) is 2.80. The molecule has 0 unspecified atom stereocenters. The fourth-order valence-electron chi connectivity index (χ4n) is 2.86. The predicted octanol–water partition coefficient (Wildman–Crippen LogP) is 4.25. The summed E-state index contributed by atoms with van der Waals surface area (Å²) < 4.78 is 28.3. The lowest BCUT2D eigenvalue weighted by Gasteiger charge is -2.09. The van der Waals surface area contributed by atoms with Crippen LogP contribution in [0.15, 0.2) is 72.0 Å². The quantitative estimate of drug-likeness (QED) is 0.416. The SMILES string of the molecule is Cc1ccc(S(=O)(=O)n2c(I)cc3c(-c4cccnc4)ccnc32)cc1. The van der Waals surface area contributed by atoms with Crippen LogP contribution in [0.4, 0.5) is 0 Å². The van der Waals surface area contributed by atoms with E-state index in [0.29, 0.717) is 9.35 Å². The van der Waals surface area contributed by atoms with E-state index in [4.69, 9.17) is 0 Å². The second-order valence-electron chi connectivity index (χ2n) is 5.89. The Hall–Kier alpha value is -2.26. The van der Waals surface area contributed by atoms with E-state index in [1.807, 2.05) is 53.8 Å². The van der Waals surface area contributed by atoms with Crippen LogP contribution < -0.4 is 0 Å². The summed E-state index contributed by atoms with van der Waals surface area (Å²) in [5, 5.41) is 0.778. The number of benzene rings is 1. The Bertz CT molecular complexity index is 1200. The summed E-state index contributed by atoms with van der Waals surface area (Å²) in [7, 11) is -3.74. The largest absolute Gasteiger partial charge is 0.270 e. The molecule has 130 valence electrons. The number of pyridine rings is 2. The summed E-state index contributed by atoms with van der Waals surface area (Å²) in [6.07, 6.45) is 5.09. The molecule has 0 N–H and O–H groups in total. The van der Waals surface area contributed by atoms with Crippen molar-refractivity contribution in [2.75, 3.05) is 0 Å². The fraction of sp³-hybridized carbons (Fsp3) is 0.0526. The normalized spacial score (nSPS) is 11.8. The van der Waals surface area contributed by atoms with Gasteiger partial charge in [-0.25, -0.2) is 17.4 Å². The van der Waals surface area contributed by atoms with Gasteiger partial charge in [0.05, 0.1) is 8.60 Å². The van der Waals surface area contributed by atoms with Gasteiger partial charge in [-0.3, -0.25) is 4.98 Å². The number of fused-ring (bicyclic) bond motifs is 1. The number of aryl methyl sites for hydroxylation is 1. The zero-order valence-corrected chi connectivity index (χ0v) is 16.8. The first-order valence-electron chi connectivity index (χ1n) is 7.87. The highest BCUT2D eigenvalue weighted by Gasteiger charge is 2.24. The number of rotatable bonds is 3. The van der Waals surface area contributed by atoms with Crippen LogP contribution in [-0.4, -0.2) is 22.4 Å². The van der Waals surface area contributed by atoms with Crippen molar-refractivity contribution in [1.82, 2.24) is 13.9 Å². The number of hydrogen-bond acceptors (Lipinski definition) is 4. The number of nitrogens with zero attached hydrogens (tertiary/aromatic N) is 3. The first-order valence-corrected chi connectivity index (χ1v) is 10.4. The van der Waals surface area contributed by atoms with Gasteiger partial charge in [0.1, 0.15) is 0 Å². The molecule has 0 aliphatic rings. The molecule has 0 amide bonds. The van der Waals surface area contributed by atoms with E-state index in [1.165, 1.54) is 3.97 Å². The molecule has 0 bridgehead atoms. The summed E-state index contributed by atoms with van der Waals surface area (Å²) in [6.45, 7) is 1.92.